The molecule has 0 saturated carbocycles. The van der Waals surface area contributed by atoms with Crippen LogP contribution in [0.3, 0.4) is 0 Å². The highest BCUT2D eigenvalue weighted by atomic mass is 79.9. The molecule has 0 spiro atoms. The van der Waals surface area contributed by atoms with Crippen LogP contribution in [0.25, 0.3) is 6.08 Å². The van der Waals surface area contributed by atoms with Gasteiger partial charge in [0.2, 0.25) is 0 Å². The molecule has 176 valence electrons. The van der Waals surface area contributed by atoms with E-state index < -0.39 is 24.4 Å². The Morgan fingerprint density at radius 1 is 1.29 bits per heavy atom. The number of methoxy groups -OCH3 is 1. The second-order valence-corrected chi connectivity index (χ2v) is 8.58. The molecule has 1 aliphatic rings. The lowest BCUT2D eigenvalue weighted by Gasteiger charge is -2.30. The number of carbonyl (C=O) groups excluding carboxylic acids is 2. The Morgan fingerprint density at radius 3 is 2.65 bits per heavy atom. The maximum Gasteiger partial charge on any atom is 0.341 e. The van der Waals surface area contributed by atoms with Crippen LogP contribution in [0.1, 0.15) is 16.7 Å². The summed E-state index contributed by atoms with van der Waals surface area (Å²) >= 11 is 8.67. The molecule has 0 aromatic heterocycles. The van der Waals surface area contributed by atoms with E-state index >= 15 is 0 Å². The largest absolute Gasteiger partial charge is 0.493 e. The number of thiocarbonyl (C=S) groups is 1. The van der Waals surface area contributed by atoms with Crippen molar-refractivity contribution in [3.63, 3.8) is 0 Å². The number of halogens is 1. The van der Waals surface area contributed by atoms with Crippen molar-refractivity contribution >= 4 is 62.8 Å². The lowest BCUT2D eigenvalue weighted by Crippen LogP contribution is -2.54. The molecular weight excluding hydrogens is 524 g/mol. The van der Waals surface area contributed by atoms with Crippen molar-refractivity contribution in [3.8, 4) is 11.5 Å². The van der Waals surface area contributed by atoms with Gasteiger partial charge in [-0.2, -0.15) is 0 Å². The smallest absolute Gasteiger partial charge is 0.341 e. The number of aliphatic carboxylic acids is 1. The Morgan fingerprint density at radius 2 is 2.03 bits per heavy atom. The molecule has 0 aliphatic carbocycles. The Bertz CT molecular complexity index is 1240. The number of nitrogens with one attached hydrogen (secondary N) is 1. The van der Waals surface area contributed by atoms with Gasteiger partial charge in [-0.3, -0.25) is 19.8 Å². The third kappa shape index (κ3) is 5.35. The number of amides is 2. The minimum absolute atomic E-state index is 0.0140. The number of hydrogen-bond acceptors (Lipinski definition) is 6. The van der Waals surface area contributed by atoms with Gasteiger partial charge in [-0.25, -0.2) is 4.79 Å². The van der Waals surface area contributed by atoms with Crippen LogP contribution in [0.2, 0.25) is 0 Å². The van der Waals surface area contributed by atoms with E-state index in [4.69, 9.17) is 26.8 Å². The number of anilines is 1. The monoisotopic (exact) mass is 544 g/mol. The third-order valence-corrected chi connectivity index (χ3v) is 5.67. The Hall–Kier alpha value is -3.50. The molecule has 8 nitrogen and oxygen atoms in total. The number of allylic oxidation sites excluding steroid dienone is 1. The van der Waals surface area contributed by atoms with Gasteiger partial charge in [-0.15, -0.1) is 6.58 Å². The van der Waals surface area contributed by atoms with Crippen molar-refractivity contribution in [3.05, 3.63) is 69.7 Å². The van der Waals surface area contributed by atoms with Crippen LogP contribution >= 0.6 is 28.1 Å². The van der Waals surface area contributed by atoms with Crippen molar-refractivity contribution in [1.82, 2.24) is 5.32 Å². The van der Waals surface area contributed by atoms with Crippen molar-refractivity contribution in [2.24, 2.45) is 0 Å². The molecule has 10 heteroatoms. The van der Waals surface area contributed by atoms with Gasteiger partial charge in [-0.1, -0.05) is 22.0 Å². The summed E-state index contributed by atoms with van der Waals surface area (Å²) in [5.74, 6) is -1.83. The van der Waals surface area contributed by atoms with E-state index in [2.05, 4.69) is 27.8 Å². The predicted octanol–water partition coefficient (Wildman–Crippen LogP) is 3.79. The molecule has 2 aromatic rings. The van der Waals surface area contributed by atoms with Crippen molar-refractivity contribution in [1.29, 1.82) is 0 Å². The molecule has 2 aromatic carbocycles. The van der Waals surface area contributed by atoms with E-state index in [1.165, 1.54) is 18.1 Å². The van der Waals surface area contributed by atoms with Crippen LogP contribution < -0.4 is 19.7 Å². The number of rotatable bonds is 8. The average Bonchev–Trinajstić information content (AvgIpc) is 2.77. The first-order chi connectivity index (χ1) is 16.2. The Kier molecular flexibility index (Phi) is 7.85. The Labute approximate surface area is 210 Å². The zero-order valence-electron chi connectivity index (χ0n) is 18.4. The van der Waals surface area contributed by atoms with E-state index in [-0.39, 0.29) is 22.2 Å². The summed E-state index contributed by atoms with van der Waals surface area (Å²) in [6.45, 7) is 4.99. The summed E-state index contributed by atoms with van der Waals surface area (Å²) in [5, 5.41) is 11.5. The summed E-state index contributed by atoms with van der Waals surface area (Å²) < 4.78 is 11.6. The number of carboxylic acids is 1. The molecule has 0 radical (unpaired) electrons. The summed E-state index contributed by atoms with van der Waals surface area (Å²) in [6, 6.07) is 8.59. The zero-order chi connectivity index (χ0) is 25.0. The van der Waals surface area contributed by atoms with Gasteiger partial charge in [0.15, 0.2) is 23.2 Å². The van der Waals surface area contributed by atoms with Gasteiger partial charge < -0.3 is 14.6 Å². The zero-order valence-corrected chi connectivity index (χ0v) is 20.8. The minimum Gasteiger partial charge on any atom is -0.493 e. The van der Waals surface area contributed by atoms with Crippen LogP contribution in [0.15, 0.2) is 53.0 Å². The van der Waals surface area contributed by atoms with Gasteiger partial charge in [0, 0.05) is 10.0 Å². The minimum atomic E-state index is -1.14. The molecule has 2 N–H and O–H groups in total. The lowest BCUT2D eigenvalue weighted by atomic mass is 10.0. The molecule has 34 heavy (non-hydrogen) atoms. The fraction of sp³-hybridized carbons (Fsp3) is 0.167. The first-order valence-corrected chi connectivity index (χ1v) is 11.2. The Balaban J connectivity index is 2.07. The molecule has 1 aliphatic heterocycles. The molecule has 0 atom stereocenters. The highest BCUT2D eigenvalue weighted by Gasteiger charge is 2.35. The second kappa shape index (κ2) is 10.6. The first kappa shape index (κ1) is 25.1. The topological polar surface area (TPSA) is 105 Å². The van der Waals surface area contributed by atoms with Gasteiger partial charge in [0.25, 0.3) is 11.8 Å². The number of benzene rings is 2. The first-order valence-electron chi connectivity index (χ1n) is 10.00. The fourth-order valence-electron chi connectivity index (χ4n) is 3.44. The lowest BCUT2D eigenvalue weighted by molar-refractivity contribution is -0.139. The van der Waals surface area contributed by atoms with Crippen LogP contribution in [0, 0.1) is 6.92 Å². The predicted molar refractivity (Wildman–Crippen MR) is 135 cm³/mol. The molecule has 1 heterocycles. The fourth-order valence-corrected chi connectivity index (χ4v) is 4.19. The molecule has 1 fully saturated rings. The second-order valence-electron chi connectivity index (χ2n) is 7.28. The van der Waals surface area contributed by atoms with Gasteiger partial charge in [0.1, 0.15) is 5.57 Å². The summed E-state index contributed by atoms with van der Waals surface area (Å²) in [7, 11) is 1.41. The van der Waals surface area contributed by atoms with Crippen LogP contribution in [-0.2, 0) is 20.8 Å². The number of ether oxygens (including phenoxy) is 2. The van der Waals surface area contributed by atoms with Crippen LogP contribution in [0.5, 0.6) is 11.5 Å². The highest BCUT2D eigenvalue weighted by Crippen LogP contribution is 2.35. The SMILES string of the molecule is C=CCc1cc(/C=C2\C(=O)NC(=S)N(c3ccc(Br)cc3C)C2=O)cc(OC)c1OCC(=O)O. The molecular formula is C24H21BrN2O6S. The van der Waals surface area contributed by atoms with E-state index in [0.29, 0.717) is 23.2 Å². The quantitative estimate of drug-likeness (QED) is 0.225. The van der Waals surface area contributed by atoms with Gasteiger partial charge in [0.05, 0.1) is 12.8 Å². The standard InChI is InChI=1S/C24H21BrN2O6S/c1-4-5-15-9-14(11-19(32-3)21(15)33-12-20(28)29)10-17-22(30)26-24(34)27(23(17)31)18-7-6-16(25)8-13(18)2/h4,6-11H,1,5,12H2,2-3H3,(H,28,29)(H,26,30,34)/b17-10+. The van der Waals surface area contributed by atoms with Crippen molar-refractivity contribution < 1.29 is 29.0 Å². The highest BCUT2D eigenvalue weighted by molar-refractivity contribution is 9.10. The van der Waals surface area contributed by atoms with Crippen LogP contribution in [-0.4, -0.2) is 41.7 Å². The van der Waals surface area contributed by atoms with Crippen molar-refractivity contribution in [2.75, 3.05) is 18.6 Å². The van der Waals surface area contributed by atoms with E-state index in [9.17, 15) is 14.4 Å². The van der Waals surface area contributed by atoms with E-state index in [1.807, 2.05) is 13.0 Å². The number of aryl methyl sites for hydroxylation is 1. The summed E-state index contributed by atoms with van der Waals surface area (Å²) in [6.07, 6.45) is 3.39. The molecule has 0 unspecified atom stereocenters. The average molecular weight is 545 g/mol. The van der Waals surface area contributed by atoms with Gasteiger partial charge in [-0.05, 0) is 73.1 Å². The number of nitrogens with zero attached hydrogens (tertiary/aromatic N) is 1. The van der Waals surface area contributed by atoms with Crippen LogP contribution in [0.4, 0.5) is 5.69 Å². The van der Waals surface area contributed by atoms with Crippen molar-refractivity contribution in [2.45, 2.75) is 13.3 Å². The maximum absolute atomic E-state index is 13.4. The molecule has 0 bridgehead atoms. The van der Waals surface area contributed by atoms with E-state index in [1.54, 1.807) is 30.3 Å². The molecule has 3 rings (SSSR count). The third-order valence-electron chi connectivity index (χ3n) is 4.89. The number of hydrogen-bond donors (Lipinski definition) is 2. The molecule has 2 amide bonds. The van der Waals surface area contributed by atoms with Gasteiger partial charge >= 0.3 is 5.97 Å². The number of carboxylic acid groups (broad SMARTS) is 1. The van der Waals surface area contributed by atoms with E-state index in [0.717, 1.165) is 10.0 Å². The maximum atomic E-state index is 13.4. The summed E-state index contributed by atoms with van der Waals surface area (Å²) in [5.41, 5.74) is 2.28. The normalized spacial score (nSPS) is 14.7. The number of carbonyl (C=O) groups is 3. The molecule has 1 saturated heterocycles. The summed E-state index contributed by atoms with van der Waals surface area (Å²) in [4.78, 5) is 38.3.